The number of unbranched alkanes of at least 4 members (excludes halogenated alkanes) is 1. The SMILES string of the molecule is CCCCOCCOc1cccc(C(=O)CC)c1. The highest BCUT2D eigenvalue weighted by atomic mass is 16.5. The number of carbonyl (C=O) groups is 1. The Hall–Kier alpha value is -1.35. The van der Waals surface area contributed by atoms with Crippen molar-refractivity contribution < 1.29 is 14.3 Å². The fourth-order valence-corrected chi connectivity index (χ4v) is 1.53. The first-order valence-corrected chi connectivity index (χ1v) is 6.61. The first-order chi connectivity index (χ1) is 8.77. The van der Waals surface area contributed by atoms with Crippen molar-refractivity contribution >= 4 is 5.78 Å². The number of hydrogen-bond acceptors (Lipinski definition) is 3. The molecule has 0 heterocycles. The lowest BCUT2D eigenvalue weighted by atomic mass is 10.1. The summed E-state index contributed by atoms with van der Waals surface area (Å²) < 4.78 is 10.9. The first kappa shape index (κ1) is 14.7. The topological polar surface area (TPSA) is 35.5 Å². The predicted octanol–water partition coefficient (Wildman–Crippen LogP) is 3.47. The molecule has 0 amide bonds. The van der Waals surface area contributed by atoms with Crippen LogP contribution in [0.25, 0.3) is 0 Å². The fraction of sp³-hybridized carbons (Fsp3) is 0.533. The Morgan fingerprint density at radius 1 is 1.17 bits per heavy atom. The maximum Gasteiger partial charge on any atom is 0.162 e. The molecule has 0 saturated heterocycles. The minimum atomic E-state index is 0.139. The van der Waals surface area contributed by atoms with Crippen LogP contribution in [0.1, 0.15) is 43.5 Å². The summed E-state index contributed by atoms with van der Waals surface area (Å²) in [6.07, 6.45) is 2.74. The van der Waals surface area contributed by atoms with Gasteiger partial charge in [0.15, 0.2) is 5.78 Å². The molecule has 0 fully saturated rings. The Kier molecular flexibility index (Phi) is 7.11. The first-order valence-electron chi connectivity index (χ1n) is 6.61. The van der Waals surface area contributed by atoms with Crippen molar-refractivity contribution in [3.63, 3.8) is 0 Å². The lowest BCUT2D eigenvalue weighted by Crippen LogP contribution is -2.07. The van der Waals surface area contributed by atoms with Crippen molar-refractivity contribution in [3.8, 4) is 5.75 Å². The van der Waals surface area contributed by atoms with Gasteiger partial charge in [0.05, 0.1) is 6.61 Å². The Morgan fingerprint density at radius 3 is 2.72 bits per heavy atom. The van der Waals surface area contributed by atoms with Gasteiger partial charge in [-0.25, -0.2) is 0 Å². The lowest BCUT2D eigenvalue weighted by molar-refractivity contribution is 0.0972. The molecule has 3 heteroatoms. The number of Topliss-reactive ketones (excluding diaryl/α,β-unsaturated/α-hetero) is 1. The average Bonchev–Trinajstić information content (AvgIpc) is 2.42. The highest BCUT2D eigenvalue weighted by Gasteiger charge is 2.03. The third kappa shape index (κ3) is 5.32. The van der Waals surface area contributed by atoms with Crippen molar-refractivity contribution in [2.24, 2.45) is 0 Å². The van der Waals surface area contributed by atoms with Gasteiger partial charge < -0.3 is 9.47 Å². The Bertz CT molecular complexity index is 361. The summed E-state index contributed by atoms with van der Waals surface area (Å²) in [6, 6.07) is 7.31. The van der Waals surface area contributed by atoms with Gasteiger partial charge >= 0.3 is 0 Å². The van der Waals surface area contributed by atoms with Gasteiger partial charge in [-0.1, -0.05) is 32.4 Å². The second kappa shape index (κ2) is 8.70. The molecular weight excluding hydrogens is 228 g/mol. The lowest BCUT2D eigenvalue weighted by Gasteiger charge is -2.08. The maximum absolute atomic E-state index is 11.5. The summed E-state index contributed by atoms with van der Waals surface area (Å²) in [7, 11) is 0. The monoisotopic (exact) mass is 250 g/mol. The molecule has 1 aromatic carbocycles. The van der Waals surface area contributed by atoms with E-state index in [2.05, 4.69) is 6.92 Å². The van der Waals surface area contributed by atoms with Crippen LogP contribution in [-0.4, -0.2) is 25.6 Å². The molecule has 0 aliphatic rings. The third-order valence-electron chi connectivity index (χ3n) is 2.62. The van der Waals surface area contributed by atoms with Gasteiger partial charge in [-0.3, -0.25) is 4.79 Å². The van der Waals surface area contributed by atoms with E-state index >= 15 is 0 Å². The molecule has 1 aromatic rings. The highest BCUT2D eigenvalue weighted by Crippen LogP contribution is 2.14. The average molecular weight is 250 g/mol. The zero-order valence-electron chi connectivity index (χ0n) is 11.3. The number of rotatable bonds is 9. The molecule has 100 valence electrons. The molecule has 0 atom stereocenters. The zero-order chi connectivity index (χ0) is 13.2. The second-order valence-corrected chi connectivity index (χ2v) is 4.12. The van der Waals surface area contributed by atoms with Gasteiger partial charge in [0, 0.05) is 18.6 Å². The van der Waals surface area contributed by atoms with Crippen LogP contribution in [0.15, 0.2) is 24.3 Å². The second-order valence-electron chi connectivity index (χ2n) is 4.12. The molecule has 0 spiro atoms. The van der Waals surface area contributed by atoms with E-state index < -0.39 is 0 Å². The van der Waals surface area contributed by atoms with Crippen molar-refractivity contribution in [1.82, 2.24) is 0 Å². The molecule has 0 aromatic heterocycles. The van der Waals surface area contributed by atoms with Crippen LogP contribution >= 0.6 is 0 Å². The van der Waals surface area contributed by atoms with Gasteiger partial charge in [-0.15, -0.1) is 0 Å². The molecule has 0 radical (unpaired) electrons. The van der Waals surface area contributed by atoms with E-state index in [0.717, 1.165) is 25.2 Å². The van der Waals surface area contributed by atoms with Gasteiger partial charge in [-0.05, 0) is 18.6 Å². The van der Waals surface area contributed by atoms with Crippen molar-refractivity contribution in [3.05, 3.63) is 29.8 Å². The predicted molar refractivity (Wildman–Crippen MR) is 72.3 cm³/mol. The molecular formula is C15H22O3. The van der Waals surface area contributed by atoms with Crippen LogP contribution in [0.2, 0.25) is 0 Å². The molecule has 0 unspecified atom stereocenters. The van der Waals surface area contributed by atoms with Crippen LogP contribution in [0.4, 0.5) is 0 Å². The van der Waals surface area contributed by atoms with E-state index in [1.54, 1.807) is 6.07 Å². The summed E-state index contributed by atoms with van der Waals surface area (Å²) in [5.41, 5.74) is 0.710. The molecule has 0 saturated carbocycles. The standard InChI is InChI=1S/C15H22O3/c1-3-5-9-17-10-11-18-14-8-6-7-13(12-14)15(16)4-2/h6-8,12H,3-5,9-11H2,1-2H3. The van der Waals surface area contributed by atoms with Crippen LogP contribution in [0.3, 0.4) is 0 Å². The summed E-state index contributed by atoms with van der Waals surface area (Å²) >= 11 is 0. The van der Waals surface area contributed by atoms with Crippen LogP contribution in [0.5, 0.6) is 5.75 Å². The fourth-order valence-electron chi connectivity index (χ4n) is 1.53. The molecule has 3 nitrogen and oxygen atoms in total. The number of ketones is 1. The van der Waals surface area contributed by atoms with E-state index in [1.165, 1.54) is 0 Å². The molecule has 0 aliphatic heterocycles. The van der Waals surface area contributed by atoms with Gasteiger partial charge in [-0.2, -0.15) is 0 Å². The molecule has 18 heavy (non-hydrogen) atoms. The van der Waals surface area contributed by atoms with Crippen LogP contribution in [-0.2, 0) is 4.74 Å². The summed E-state index contributed by atoms with van der Waals surface area (Å²) in [6.45, 7) is 5.89. The van der Waals surface area contributed by atoms with E-state index in [1.807, 2.05) is 25.1 Å². The Balaban J connectivity index is 2.32. The van der Waals surface area contributed by atoms with Crippen LogP contribution < -0.4 is 4.74 Å². The van der Waals surface area contributed by atoms with Crippen LogP contribution in [0, 0.1) is 0 Å². The van der Waals surface area contributed by atoms with E-state index in [4.69, 9.17) is 9.47 Å². The summed E-state index contributed by atoms with van der Waals surface area (Å²) in [4.78, 5) is 11.5. The summed E-state index contributed by atoms with van der Waals surface area (Å²) in [5, 5.41) is 0. The number of benzene rings is 1. The largest absolute Gasteiger partial charge is 0.491 e. The third-order valence-corrected chi connectivity index (χ3v) is 2.62. The Morgan fingerprint density at radius 2 is 2.00 bits per heavy atom. The van der Waals surface area contributed by atoms with Crippen molar-refractivity contribution in [2.75, 3.05) is 19.8 Å². The number of hydrogen-bond donors (Lipinski definition) is 0. The Labute approximate surface area is 109 Å². The molecule has 0 bridgehead atoms. The highest BCUT2D eigenvalue weighted by molar-refractivity contribution is 5.96. The van der Waals surface area contributed by atoms with E-state index in [-0.39, 0.29) is 5.78 Å². The minimum Gasteiger partial charge on any atom is -0.491 e. The minimum absolute atomic E-state index is 0.139. The smallest absolute Gasteiger partial charge is 0.162 e. The van der Waals surface area contributed by atoms with Crippen molar-refractivity contribution in [1.29, 1.82) is 0 Å². The molecule has 0 N–H and O–H groups in total. The number of ether oxygens (including phenoxy) is 2. The zero-order valence-corrected chi connectivity index (χ0v) is 11.3. The molecule has 0 aliphatic carbocycles. The quantitative estimate of drug-likeness (QED) is 0.497. The maximum atomic E-state index is 11.5. The van der Waals surface area contributed by atoms with Gasteiger partial charge in [0.1, 0.15) is 12.4 Å². The van der Waals surface area contributed by atoms with Gasteiger partial charge in [0.25, 0.3) is 0 Å². The summed E-state index contributed by atoms with van der Waals surface area (Å²) in [5.74, 6) is 0.869. The van der Waals surface area contributed by atoms with E-state index in [0.29, 0.717) is 25.2 Å². The van der Waals surface area contributed by atoms with Crippen molar-refractivity contribution in [2.45, 2.75) is 33.1 Å². The van der Waals surface area contributed by atoms with E-state index in [9.17, 15) is 4.79 Å². The molecule has 1 rings (SSSR count). The number of carbonyl (C=O) groups excluding carboxylic acids is 1. The normalized spacial score (nSPS) is 10.3. The van der Waals surface area contributed by atoms with Gasteiger partial charge in [0.2, 0.25) is 0 Å².